The zero-order chi connectivity index (χ0) is 10.2. The Bertz CT molecular complexity index is 177. The van der Waals surface area contributed by atoms with E-state index in [0.29, 0.717) is 0 Å². The Labute approximate surface area is 72.7 Å². The summed E-state index contributed by atoms with van der Waals surface area (Å²) in [6.07, 6.45) is 0. The van der Waals surface area contributed by atoms with Crippen molar-refractivity contribution in [3.63, 3.8) is 0 Å². The van der Waals surface area contributed by atoms with Crippen LogP contribution in [0.15, 0.2) is 11.7 Å². The lowest BCUT2D eigenvalue weighted by Crippen LogP contribution is -2.15. The highest BCUT2D eigenvalue weighted by Gasteiger charge is 2.44. The van der Waals surface area contributed by atoms with Crippen LogP contribution in [0, 0.1) is 0 Å². The van der Waals surface area contributed by atoms with Crippen molar-refractivity contribution >= 4 is 23.2 Å². The summed E-state index contributed by atoms with van der Waals surface area (Å²) in [5.74, 6) is -6.19. The van der Waals surface area contributed by atoms with E-state index in [1.54, 1.807) is 0 Å². The second-order valence-electron chi connectivity index (χ2n) is 1.62. The molecule has 0 aromatic heterocycles. The van der Waals surface area contributed by atoms with Crippen molar-refractivity contribution in [1.29, 1.82) is 0 Å². The molecule has 0 N–H and O–H groups in total. The van der Waals surface area contributed by atoms with Gasteiger partial charge in [0.2, 0.25) is 11.7 Å². The molecule has 0 spiro atoms. The van der Waals surface area contributed by atoms with Crippen molar-refractivity contribution < 1.29 is 26.3 Å². The first-order valence-electron chi connectivity index (χ1n) is 2.26. The molecule has 0 aromatic rings. The molecule has 0 radical (unpaired) electrons. The van der Waals surface area contributed by atoms with Crippen LogP contribution in [-0.2, 0) is 0 Å². The lowest BCUT2D eigenvalue weighted by molar-refractivity contribution is 0.0700. The predicted molar refractivity (Wildman–Crippen MR) is 30.8 cm³/mol. The molecule has 0 saturated heterocycles. The minimum atomic E-state index is -4.82. The van der Waals surface area contributed by atoms with E-state index < -0.39 is 22.4 Å². The molecular formula is C4Cl2F6. The standard InChI is InChI=1S/C4Cl2F6/c5-3(9,10)1(7)2(8)4(6,11)12/b2-1+. The maximum Gasteiger partial charge on any atom is 0.376 e. The zero-order valence-corrected chi connectivity index (χ0v) is 6.54. The summed E-state index contributed by atoms with van der Waals surface area (Å²) >= 11 is 7.77. The van der Waals surface area contributed by atoms with Gasteiger partial charge in [0.15, 0.2) is 0 Å². The zero-order valence-electron chi connectivity index (χ0n) is 5.02. The fourth-order valence-corrected chi connectivity index (χ4v) is 0.415. The third kappa shape index (κ3) is 3.10. The summed E-state index contributed by atoms with van der Waals surface area (Å²) in [5.41, 5.74) is 0. The average Bonchev–Trinajstić information content (AvgIpc) is 1.80. The van der Waals surface area contributed by atoms with Crippen molar-refractivity contribution in [2.24, 2.45) is 0 Å². The fraction of sp³-hybridized carbons (Fsp3) is 0.500. The van der Waals surface area contributed by atoms with E-state index >= 15 is 0 Å². The molecule has 0 heterocycles. The molecule has 0 bridgehead atoms. The van der Waals surface area contributed by atoms with Gasteiger partial charge >= 0.3 is 10.8 Å². The minimum absolute atomic E-state index is 3.09. The van der Waals surface area contributed by atoms with Gasteiger partial charge in [-0.2, -0.15) is 17.6 Å². The number of alkyl halides is 6. The molecule has 12 heavy (non-hydrogen) atoms. The van der Waals surface area contributed by atoms with Crippen LogP contribution in [0.5, 0.6) is 0 Å². The summed E-state index contributed by atoms with van der Waals surface area (Å²) < 4.78 is 70.1. The van der Waals surface area contributed by atoms with Crippen LogP contribution in [0.2, 0.25) is 0 Å². The Morgan fingerprint density at radius 3 is 1.00 bits per heavy atom. The van der Waals surface area contributed by atoms with E-state index in [4.69, 9.17) is 0 Å². The lowest BCUT2D eigenvalue weighted by Gasteiger charge is -2.09. The molecular weight excluding hydrogens is 233 g/mol. The van der Waals surface area contributed by atoms with Gasteiger partial charge in [0, 0.05) is 0 Å². The average molecular weight is 233 g/mol. The van der Waals surface area contributed by atoms with Gasteiger partial charge in [0.05, 0.1) is 0 Å². The van der Waals surface area contributed by atoms with E-state index in [9.17, 15) is 26.3 Å². The second kappa shape index (κ2) is 3.33. The second-order valence-corrected chi connectivity index (χ2v) is 2.57. The third-order valence-corrected chi connectivity index (χ3v) is 1.02. The first kappa shape index (κ1) is 11.9. The van der Waals surface area contributed by atoms with E-state index in [0.717, 1.165) is 0 Å². The van der Waals surface area contributed by atoms with Gasteiger partial charge in [-0.1, -0.05) is 0 Å². The summed E-state index contributed by atoms with van der Waals surface area (Å²) in [6.45, 7) is 0. The molecule has 0 amide bonds. The Hall–Kier alpha value is -0.100. The van der Waals surface area contributed by atoms with Gasteiger partial charge in [0.1, 0.15) is 0 Å². The molecule has 0 aliphatic carbocycles. The molecule has 0 saturated carbocycles. The molecule has 72 valence electrons. The molecule has 8 heteroatoms. The van der Waals surface area contributed by atoms with Crippen LogP contribution < -0.4 is 0 Å². The quantitative estimate of drug-likeness (QED) is 0.502. The molecule has 0 atom stereocenters. The van der Waals surface area contributed by atoms with Crippen molar-refractivity contribution in [3.05, 3.63) is 11.7 Å². The Morgan fingerprint density at radius 1 is 0.750 bits per heavy atom. The molecule has 0 unspecified atom stereocenters. The van der Waals surface area contributed by atoms with Gasteiger partial charge in [-0.3, -0.25) is 0 Å². The molecule has 0 rings (SSSR count). The highest BCUT2D eigenvalue weighted by molar-refractivity contribution is 6.24. The number of allylic oxidation sites excluding steroid dienone is 2. The van der Waals surface area contributed by atoms with Crippen molar-refractivity contribution in [2.45, 2.75) is 10.8 Å². The van der Waals surface area contributed by atoms with E-state index in [-0.39, 0.29) is 0 Å². The van der Waals surface area contributed by atoms with E-state index in [1.165, 1.54) is 0 Å². The van der Waals surface area contributed by atoms with Gasteiger partial charge in [-0.15, -0.1) is 0 Å². The van der Waals surface area contributed by atoms with E-state index in [1.807, 2.05) is 0 Å². The number of halogens is 8. The van der Waals surface area contributed by atoms with Crippen LogP contribution in [-0.4, -0.2) is 10.8 Å². The minimum Gasteiger partial charge on any atom is -0.200 e. The van der Waals surface area contributed by atoms with Crippen LogP contribution in [0.4, 0.5) is 26.3 Å². The van der Waals surface area contributed by atoms with Crippen LogP contribution >= 0.6 is 23.2 Å². The van der Waals surface area contributed by atoms with Gasteiger partial charge < -0.3 is 0 Å². The maximum atomic E-state index is 11.9. The third-order valence-electron chi connectivity index (χ3n) is 0.690. The summed E-state index contributed by atoms with van der Waals surface area (Å²) in [5, 5.41) is -9.63. The van der Waals surface area contributed by atoms with Crippen LogP contribution in [0.3, 0.4) is 0 Å². The van der Waals surface area contributed by atoms with Gasteiger partial charge in [-0.05, 0) is 23.2 Å². The summed E-state index contributed by atoms with van der Waals surface area (Å²) in [7, 11) is 0. The number of hydrogen-bond donors (Lipinski definition) is 0. The normalized spacial score (nSPS) is 16.0. The topological polar surface area (TPSA) is 0 Å². The maximum absolute atomic E-state index is 11.9. The Morgan fingerprint density at radius 2 is 0.917 bits per heavy atom. The van der Waals surface area contributed by atoms with Crippen molar-refractivity contribution in [1.82, 2.24) is 0 Å². The van der Waals surface area contributed by atoms with Gasteiger partial charge in [-0.25, -0.2) is 8.78 Å². The number of rotatable bonds is 2. The van der Waals surface area contributed by atoms with Crippen LogP contribution in [0.1, 0.15) is 0 Å². The molecule has 0 aliphatic heterocycles. The highest BCUT2D eigenvalue weighted by atomic mass is 35.5. The van der Waals surface area contributed by atoms with Crippen molar-refractivity contribution in [3.8, 4) is 0 Å². The first-order chi connectivity index (χ1) is 5.07. The monoisotopic (exact) mass is 232 g/mol. The van der Waals surface area contributed by atoms with Crippen LogP contribution in [0.25, 0.3) is 0 Å². The predicted octanol–water partition coefficient (Wildman–Crippen LogP) is 3.80. The summed E-state index contributed by atoms with van der Waals surface area (Å²) in [4.78, 5) is 0. The van der Waals surface area contributed by atoms with Gasteiger partial charge in [0.25, 0.3) is 0 Å². The largest absolute Gasteiger partial charge is 0.376 e. The lowest BCUT2D eigenvalue weighted by atomic mass is 10.4. The first-order valence-corrected chi connectivity index (χ1v) is 3.02. The molecule has 0 aromatic carbocycles. The molecule has 0 nitrogen and oxygen atoms in total. The Kier molecular flexibility index (Phi) is 3.31. The highest BCUT2D eigenvalue weighted by Crippen LogP contribution is 2.39. The fourth-order valence-electron chi connectivity index (χ4n) is 0.249. The Balaban J connectivity index is 4.96. The number of hydrogen-bond acceptors (Lipinski definition) is 0. The molecule has 0 fully saturated rings. The molecule has 0 aliphatic rings. The smallest absolute Gasteiger partial charge is 0.200 e. The summed E-state index contributed by atoms with van der Waals surface area (Å²) in [6, 6.07) is 0. The SMILES string of the molecule is F/C(=C(/F)C(F)(F)Cl)C(F)(F)Cl. The van der Waals surface area contributed by atoms with E-state index in [2.05, 4.69) is 23.2 Å². The van der Waals surface area contributed by atoms with Crippen molar-refractivity contribution in [2.75, 3.05) is 0 Å².